The molecular formula is C17H13ClN2O2. The summed E-state index contributed by atoms with van der Waals surface area (Å²) in [7, 11) is 0. The van der Waals surface area contributed by atoms with Crippen molar-refractivity contribution in [1.82, 2.24) is 10.2 Å². The van der Waals surface area contributed by atoms with Gasteiger partial charge in [-0.15, -0.1) is 10.2 Å². The fourth-order valence-corrected chi connectivity index (χ4v) is 2.20. The largest absolute Gasteiger partial charge is 0.508 e. The molecule has 0 saturated heterocycles. The second-order valence-corrected chi connectivity index (χ2v) is 5.27. The second-order valence-electron chi connectivity index (χ2n) is 4.87. The van der Waals surface area contributed by atoms with Gasteiger partial charge in [-0.2, -0.15) is 0 Å². The number of aromatic nitrogens is 2. The van der Waals surface area contributed by atoms with E-state index in [0.29, 0.717) is 10.9 Å². The third-order valence-electron chi connectivity index (χ3n) is 3.08. The van der Waals surface area contributed by atoms with E-state index in [2.05, 4.69) is 10.2 Å². The molecule has 0 aliphatic heterocycles. The molecule has 0 aliphatic rings. The van der Waals surface area contributed by atoms with Crippen LogP contribution >= 0.6 is 11.6 Å². The molecule has 2 aromatic carbocycles. The zero-order chi connectivity index (χ0) is 15.5. The molecule has 0 aliphatic carbocycles. The van der Waals surface area contributed by atoms with Gasteiger partial charge in [0.1, 0.15) is 10.8 Å². The molecule has 0 bridgehead atoms. The Labute approximate surface area is 132 Å². The Morgan fingerprint density at radius 3 is 2.64 bits per heavy atom. The van der Waals surface area contributed by atoms with Crippen molar-refractivity contribution in [2.75, 3.05) is 0 Å². The number of benzene rings is 2. The van der Waals surface area contributed by atoms with E-state index < -0.39 is 0 Å². The van der Waals surface area contributed by atoms with Gasteiger partial charge in [0, 0.05) is 5.56 Å². The third kappa shape index (κ3) is 3.18. The number of hydrogen-bond acceptors (Lipinski definition) is 4. The number of hydrogen-bond donors (Lipinski definition) is 1. The number of aromatic hydroxyl groups is 1. The van der Waals surface area contributed by atoms with E-state index in [0.717, 1.165) is 16.7 Å². The van der Waals surface area contributed by atoms with Gasteiger partial charge in [-0.3, -0.25) is 0 Å². The summed E-state index contributed by atoms with van der Waals surface area (Å²) < 4.78 is 5.61. The summed E-state index contributed by atoms with van der Waals surface area (Å²) in [5, 5.41) is 17.6. The zero-order valence-corrected chi connectivity index (χ0v) is 12.6. The van der Waals surface area contributed by atoms with Crippen molar-refractivity contribution in [2.24, 2.45) is 0 Å². The van der Waals surface area contributed by atoms with E-state index in [-0.39, 0.29) is 11.6 Å². The van der Waals surface area contributed by atoms with Crippen LogP contribution in [0, 0.1) is 6.92 Å². The summed E-state index contributed by atoms with van der Waals surface area (Å²) in [5.41, 5.74) is 2.80. The van der Waals surface area contributed by atoms with Crippen molar-refractivity contribution < 1.29 is 9.52 Å². The molecule has 0 atom stereocenters. The number of rotatable bonds is 3. The van der Waals surface area contributed by atoms with Crippen LogP contribution in [0.15, 0.2) is 52.9 Å². The molecule has 0 fully saturated rings. The van der Waals surface area contributed by atoms with Gasteiger partial charge < -0.3 is 9.52 Å². The van der Waals surface area contributed by atoms with Gasteiger partial charge in [-0.1, -0.05) is 41.4 Å². The van der Waals surface area contributed by atoms with Crippen LogP contribution in [0.25, 0.3) is 22.6 Å². The van der Waals surface area contributed by atoms with Crippen molar-refractivity contribution in [3.63, 3.8) is 0 Å². The maximum atomic E-state index is 9.27. The predicted octanol–water partition coefficient (Wildman–Crippen LogP) is 4.49. The quantitative estimate of drug-likeness (QED) is 0.774. The maximum Gasteiger partial charge on any atom is 0.259 e. The lowest BCUT2D eigenvalue weighted by atomic mass is 10.1. The van der Waals surface area contributed by atoms with Crippen LogP contribution in [0.1, 0.15) is 17.0 Å². The van der Waals surface area contributed by atoms with Crippen molar-refractivity contribution in [1.29, 1.82) is 0 Å². The molecule has 0 saturated carbocycles. The minimum absolute atomic E-state index is 0.202. The molecule has 1 aromatic heterocycles. The average molecular weight is 313 g/mol. The molecule has 5 heteroatoms. The topological polar surface area (TPSA) is 59.2 Å². The highest BCUT2D eigenvalue weighted by Crippen LogP contribution is 2.26. The predicted molar refractivity (Wildman–Crippen MR) is 86.3 cm³/mol. The Balaban J connectivity index is 1.88. The zero-order valence-electron chi connectivity index (χ0n) is 11.8. The third-order valence-corrected chi connectivity index (χ3v) is 3.35. The average Bonchev–Trinajstić information content (AvgIpc) is 3.00. The Kier molecular flexibility index (Phi) is 3.94. The lowest BCUT2D eigenvalue weighted by Crippen LogP contribution is -1.79. The monoisotopic (exact) mass is 312 g/mol. The van der Waals surface area contributed by atoms with E-state index in [1.165, 1.54) is 0 Å². The van der Waals surface area contributed by atoms with Crippen molar-refractivity contribution in [3.8, 4) is 17.2 Å². The number of nitrogens with zero attached hydrogens (tertiary/aromatic N) is 2. The summed E-state index contributed by atoms with van der Waals surface area (Å²) >= 11 is 6.21. The van der Waals surface area contributed by atoms with Crippen molar-refractivity contribution in [3.05, 3.63) is 65.5 Å². The Morgan fingerprint density at radius 1 is 1.14 bits per heavy atom. The van der Waals surface area contributed by atoms with Gasteiger partial charge in [-0.25, -0.2) is 0 Å². The molecule has 3 aromatic rings. The van der Waals surface area contributed by atoms with E-state index in [1.54, 1.807) is 30.3 Å². The van der Waals surface area contributed by atoms with Crippen LogP contribution in [0.3, 0.4) is 0 Å². The minimum atomic E-state index is 0.202. The van der Waals surface area contributed by atoms with Crippen molar-refractivity contribution >= 4 is 22.7 Å². The number of phenols is 1. The first-order valence-electron chi connectivity index (χ1n) is 6.69. The fourth-order valence-electron chi connectivity index (χ4n) is 1.99. The summed E-state index contributed by atoms with van der Waals surface area (Å²) in [4.78, 5) is 0. The van der Waals surface area contributed by atoms with E-state index in [9.17, 15) is 5.11 Å². The maximum absolute atomic E-state index is 9.27. The Hall–Kier alpha value is -2.59. The summed E-state index contributed by atoms with van der Waals surface area (Å²) in [6, 6.07) is 14.5. The molecule has 1 heterocycles. The first-order valence-corrected chi connectivity index (χ1v) is 7.07. The molecule has 22 heavy (non-hydrogen) atoms. The van der Waals surface area contributed by atoms with Crippen LogP contribution in [-0.4, -0.2) is 15.3 Å². The molecule has 0 radical (unpaired) electrons. The van der Waals surface area contributed by atoms with E-state index in [4.69, 9.17) is 16.0 Å². The van der Waals surface area contributed by atoms with Crippen molar-refractivity contribution in [2.45, 2.75) is 6.92 Å². The van der Waals surface area contributed by atoms with Crippen LogP contribution in [0.5, 0.6) is 5.75 Å². The number of halogens is 1. The summed E-state index contributed by atoms with van der Waals surface area (Å²) in [5.74, 6) is 0.884. The summed E-state index contributed by atoms with van der Waals surface area (Å²) in [6.45, 7) is 2.00. The highest BCUT2D eigenvalue weighted by Gasteiger charge is 2.11. The SMILES string of the molecule is Cc1cccc(-c2nnc(/C(Cl)=C/c3ccc(O)cc3)o2)c1. The Morgan fingerprint density at radius 2 is 1.91 bits per heavy atom. The smallest absolute Gasteiger partial charge is 0.259 e. The Bertz CT molecular complexity index is 823. The molecule has 0 spiro atoms. The van der Waals surface area contributed by atoms with Gasteiger partial charge in [-0.05, 0) is 42.8 Å². The lowest BCUT2D eigenvalue weighted by Gasteiger charge is -1.97. The van der Waals surface area contributed by atoms with Crippen LogP contribution < -0.4 is 0 Å². The highest BCUT2D eigenvalue weighted by molar-refractivity contribution is 6.50. The molecule has 4 nitrogen and oxygen atoms in total. The number of phenolic OH excluding ortho intramolecular Hbond substituents is 1. The lowest BCUT2D eigenvalue weighted by molar-refractivity contribution is 0.475. The summed E-state index contributed by atoms with van der Waals surface area (Å²) in [6.07, 6.45) is 1.70. The standard InChI is InChI=1S/C17H13ClN2O2/c1-11-3-2-4-13(9-11)16-19-20-17(22-16)15(18)10-12-5-7-14(21)8-6-12/h2-10,21H,1H3/b15-10-. The second kappa shape index (κ2) is 6.03. The minimum Gasteiger partial charge on any atom is -0.508 e. The van der Waals surface area contributed by atoms with Crippen LogP contribution in [0.2, 0.25) is 0 Å². The molecule has 0 unspecified atom stereocenters. The highest BCUT2D eigenvalue weighted by atomic mass is 35.5. The van der Waals surface area contributed by atoms with Gasteiger partial charge in [0.25, 0.3) is 5.89 Å². The molecule has 0 amide bonds. The molecule has 3 rings (SSSR count). The first-order chi connectivity index (χ1) is 10.6. The van der Waals surface area contributed by atoms with E-state index >= 15 is 0 Å². The van der Waals surface area contributed by atoms with Gasteiger partial charge in [0.2, 0.25) is 5.89 Å². The normalized spacial score (nSPS) is 11.6. The number of aryl methyl sites for hydroxylation is 1. The van der Waals surface area contributed by atoms with E-state index in [1.807, 2.05) is 31.2 Å². The molecule has 1 N–H and O–H groups in total. The van der Waals surface area contributed by atoms with Gasteiger partial charge in [0.15, 0.2) is 0 Å². The molecule has 110 valence electrons. The van der Waals surface area contributed by atoms with Crippen LogP contribution in [-0.2, 0) is 0 Å². The van der Waals surface area contributed by atoms with Gasteiger partial charge in [0.05, 0.1) is 0 Å². The van der Waals surface area contributed by atoms with Gasteiger partial charge >= 0.3 is 0 Å². The van der Waals surface area contributed by atoms with Crippen LogP contribution in [0.4, 0.5) is 0 Å². The fraction of sp³-hybridized carbons (Fsp3) is 0.0588. The molecular weight excluding hydrogens is 300 g/mol. The first kappa shape index (κ1) is 14.4.